The van der Waals surface area contributed by atoms with E-state index in [0.717, 1.165) is 17.7 Å². The fourth-order valence-corrected chi connectivity index (χ4v) is 1.49. The normalized spacial score (nSPS) is 13.4. The lowest BCUT2D eigenvalue weighted by atomic mass is 10.1. The van der Waals surface area contributed by atoms with Crippen LogP contribution in [-0.4, -0.2) is 18.8 Å². The zero-order valence-electron chi connectivity index (χ0n) is 11.9. The van der Waals surface area contributed by atoms with E-state index in [-0.39, 0.29) is 11.6 Å². The first-order valence-corrected chi connectivity index (χ1v) is 6.60. The van der Waals surface area contributed by atoms with E-state index in [1.165, 1.54) is 0 Å². The van der Waals surface area contributed by atoms with E-state index in [9.17, 15) is 0 Å². The van der Waals surface area contributed by atoms with Crippen LogP contribution in [0.1, 0.15) is 45.7 Å². The Morgan fingerprint density at radius 1 is 1.17 bits per heavy atom. The van der Waals surface area contributed by atoms with Crippen molar-refractivity contribution in [1.82, 2.24) is 0 Å². The summed E-state index contributed by atoms with van der Waals surface area (Å²) in [6.45, 7) is 9.46. The molecule has 0 radical (unpaired) electrons. The molecule has 0 heterocycles. The number of hydrogen-bond donors (Lipinski definition) is 1. The van der Waals surface area contributed by atoms with Gasteiger partial charge in [-0.05, 0) is 44.9 Å². The maximum atomic E-state index is 6.12. The van der Waals surface area contributed by atoms with Gasteiger partial charge in [0.1, 0.15) is 5.75 Å². The van der Waals surface area contributed by atoms with Gasteiger partial charge < -0.3 is 15.2 Å². The Balaban J connectivity index is 2.53. The fraction of sp³-hybridized carbons (Fsp3) is 0.600. The van der Waals surface area contributed by atoms with Gasteiger partial charge in [-0.15, -0.1) is 0 Å². The summed E-state index contributed by atoms with van der Waals surface area (Å²) in [5.41, 5.74) is 7.08. The maximum Gasteiger partial charge on any atom is 0.119 e. The van der Waals surface area contributed by atoms with E-state index in [1.54, 1.807) is 0 Å². The average Bonchev–Trinajstić information content (AvgIpc) is 2.37. The van der Waals surface area contributed by atoms with Crippen molar-refractivity contribution in [2.45, 2.75) is 45.8 Å². The molecule has 0 aliphatic carbocycles. The molecule has 0 aromatic heterocycles. The molecule has 0 saturated heterocycles. The highest BCUT2D eigenvalue weighted by atomic mass is 16.5. The molecule has 0 aliphatic heterocycles. The van der Waals surface area contributed by atoms with Crippen molar-refractivity contribution in [3.05, 3.63) is 29.8 Å². The van der Waals surface area contributed by atoms with Gasteiger partial charge in [-0.2, -0.15) is 0 Å². The lowest BCUT2D eigenvalue weighted by molar-refractivity contribution is -0.0267. The zero-order chi connectivity index (χ0) is 13.6. The summed E-state index contributed by atoms with van der Waals surface area (Å²) in [6.07, 6.45) is 0.975. The SMILES string of the molecule is CCOc1ccc(C(N)COC(C)(C)CC)cc1. The van der Waals surface area contributed by atoms with Gasteiger partial charge in [-0.25, -0.2) is 0 Å². The van der Waals surface area contributed by atoms with Crippen LogP contribution < -0.4 is 10.5 Å². The molecule has 0 bridgehead atoms. The number of rotatable bonds is 7. The fourth-order valence-electron chi connectivity index (χ4n) is 1.49. The van der Waals surface area contributed by atoms with Crippen LogP contribution in [0.2, 0.25) is 0 Å². The third-order valence-electron chi connectivity index (χ3n) is 3.12. The van der Waals surface area contributed by atoms with Gasteiger partial charge in [-0.1, -0.05) is 19.1 Å². The largest absolute Gasteiger partial charge is 0.494 e. The number of benzene rings is 1. The summed E-state index contributed by atoms with van der Waals surface area (Å²) in [5.74, 6) is 0.878. The third kappa shape index (κ3) is 4.67. The quantitative estimate of drug-likeness (QED) is 0.808. The summed E-state index contributed by atoms with van der Waals surface area (Å²) in [4.78, 5) is 0. The Morgan fingerprint density at radius 3 is 2.28 bits per heavy atom. The highest BCUT2D eigenvalue weighted by Gasteiger charge is 2.17. The first-order chi connectivity index (χ1) is 8.48. The molecule has 3 heteroatoms. The minimum absolute atomic E-state index is 0.0912. The molecule has 0 spiro atoms. The standard InChI is InChI=1S/C15H25NO2/c1-5-15(3,4)18-11-14(16)12-7-9-13(10-8-12)17-6-2/h7-10,14H,5-6,11,16H2,1-4H3. The Labute approximate surface area is 110 Å². The van der Waals surface area contributed by atoms with E-state index in [2.05, 4.69) is 20.8 Å². The number of ether oxygens (including phenoxy) is 2. The van der Waals surface area contributed by atoms with E-state index in [4.69, 9.17) is 15.2 Å². The number of nitrogens with two attached hydrogens (primary N) is 1. The molecule has 1 aromatic rings. The molecule has 1 rings (SSSR count). The Morgan fingerprint density at radius 2 is 1.78 bits per heavy atom. The number of hydrogen-bond acceptors (Lipinski definition) is 3. The summed E-state index contributed by atoms with van der Waals surface area (Å²) in [5, 5.41) is 0. The molecule has 3 nitrogen and oxygen atoms in total. The van der Waals surface area contributed by atoms with Crippen molar-refractivity contribution in [2.75, 3.05) is 13.2 Å². The van der Waals surface area contributed by atoms with Crippen LogP contribution in [0.15, 0.2) is 24.3 Å². The van der Waals surface area contributed by atoms with Crippen LogP contribution in [-0.2, 0) is 4.74 Å². The minimum Gasteiger partial charge on any atom is -0.494 e. The lowest BCUT2D eigenvalue weighted by Crippen LogP contribution is -2.28. The summed E-state index contributed by atoms with van der Waals surface area (Å²) < 4.78 is 11.2. The van der Waals surface area contributed by atoms with Crippen molar-refractivity contribution in [2.24, 2.45) is 5.73 Å². The lowest BCUT2D eigenvalue weighted by Gasteiger charge is -2.25. The van der Waals surface area contributed by atoms with Crippen LogP contribution in [0.4, 0.5) is 0 Å². The molecule has 0 fully saturated rings. The molecule has 1 atom stereocenters. The second-order valence-corrected chi connectivity index (χ2v) is 5.03. The third-order valence-corrected chi connectivity index (χ3v) is 3.12. The van der Waals surface area contributed by atoms with Gasteiger partial charge in [0, 0.05) is 0 Å². The van der Waals surface area contributed by atoms with Crippen molar-refractivity contribution < 1.29 is 9.47 Å². The minimum atomic E-state index is -0.108. The monoisotopic (exact) mass is 251 g/mol. The van der Waals surface area contributed by atoms with Crippen molar-refractivity contribution in [3.63, 3.8) is 0 Å². The second kappa shape index (κ2) is 6.76. The summed E-state index contributed by atoms with van der Waals surface area (Å²) >= 11 is 0. The van der Waals surface area contributed by atoms with Crippen molar-refractivity contribution in [3.8, 4) is 5.75 Å². The first kappa shape index (κ1) is 15.0. The molecule has 102 valence electrons. The molecule has 18 heavy (non-hydrogen) atoms. The molecule has 2 N–H and O–H groups in total. The van der Waals surface area contributed by atoms with E-state index in [1.807, 2.05) is 31.2 Å². The van der Waals surface area contributed by atoms with Gasteiger partial charge in [0.25, 0.3) is 0 Å². The predicted octanol–water partition coefficient (Wildman–Crippen LogP) is 3.29. The van der Waals surface area contributed by atoms with Gasteiger partial charge in [0.15, 0.2) is 0 Å². The molecule has 1 unspecified atom stereocenters. The van der Waals surface area contributed by atoms with Crippen LogP contribution in [0.3, 0.4) is 0 Å². The molecule has 0 amide bonds. The average molecular weight is 251 g/mol. The Kier molecular flexibility index (Phi) is 5.63. The molecular weight excluding hydrogens is 226 g/mol. The molecule has 1 aromatic carbocycles. The van der Waals surface area contributed by atoms with Crippen LogP contribution in [0.25, 0.3) is 0 Å². The molecule has 0 saturated carbocycles. The first-order valence-electron chi connectivity index (χ1n) is 6.60. The maximum absolute atomic E-state index is 6.12. The highest BCUT2D eigenvalue weighted by Crippen LogP contribution is 2.20. The van der Waals surface area contributed by atoms with Crippen LogP contribution >= 0.6 is 0 Å². The predicted molar refractivity (Wildman–Crippen MR) is 74.9 cm³/mol. The Hall–Kier alpha value is -1.06. The van der Waals surface area contributed by atoms with E-state index >= 15 is 0 Å². The van der Waals surface area contributed by atoms with Gasteiger partial charge in [0.05, 0.1) is 24.9 Å². The van der Waals surface area contributed by atoms with Crippen LogP contribution in [0, 0.1) is 0 Å². The smallest absolute Gasteiger partial charge is 0.119 e. The molecular formula is C15H25NO2. The van der Waals surface area contributed by atoms with Crippen molar-refractivity contribution >= 4 is 0 Å². The van der Waals surface area contributed by atoms with Crippen LogP contribution in [0.5, 0.6) is 5.75 Å². The zero-order valence-corrected chi connectivity index (χ0v) is 11.9. The van der Waals surface area contributed by atoms with E-state index in [0.29, 0.717) is 13.2 Å². The van der Waals surface area contributed by atoms with Gasteiger partial charge >= 0.3 is 0 Å². The summed E-state index contributed by atoms with van der Waals surface area (Å²) in [6, 6.07) is 7.80. The van der Waals surface area contributed by atoms with Gasteiger partial charge in [0.2, 0.25) is 0 Å². The Bertz CT molecular complexity index is 346. The van der Waals surface area contributed by atoms with Gasteiger partial charge in [-0.3, -0.25) is 0 Å². The summed E-state index contributed by atoms with van der Waals surface area (Å²) in [7, 11) is 0. The molecule has 0 aliphatic rings. The second-order valence-electron chi connectivity index (χ2n) is 5.03. The highest BCUT2D eigenvalue weighted by molar-refractivity contribution is 5.29. The topological polar surface area (TPSA) is 44.5 Å². The van der Waals surface area contributed by atoms with E-state index < -0.39 is 0 Å². The van der Waals surface area contributed by atoms with Crippen molar-refractivity contribution in [1.29, 1.82) is 0 Å².